The zero-order valence-corrected chi connectivity index (χ0v) is 16.9. The molecule has 3 unspecified atom stereocenters. The van der Waals surface area contributed by atoms with Gasteiger partial charge in [0.2, 0.25) is 0 Å². The monoisotopic (exact) mass is 391 g/mol. The molecule has 1 aliphatic heterocycles. The first-order chi connectivity index (χ1) is 13.4. The second-order valence-corrected chi connectivity index (χ2v) is 7.59. The van der Waals surface area contributed by atoms with Crippen molar-refractivity contribution in [1.29, 1.82) is 0 Å². The van der Waals surface area contributed by atoms with Crippen LogP contribution in [0.25, 0.3) is 0 Å². The minimum absolute atomic E-state index is 0.0329. The van der Waals surface area contributed by atoms with Gasteiger partial charge in [-0.05, 0) is 38.7 Å². The molecule has 0 saturated carbocycles. The summed E-state index contributed by atoms with van der Waals surface area (Å²) < 4.78 is 5.73. The van der Waals surface area contributed by atoms with Crippen LogP contribution in [-0.2, 0) is 16.0 Å². The first kappa shape index (κ1) is 22.2. The predicted molar refractivity (Wildman–Crippen MR) is 108 cm³/mol. The fourth-order valence-electron chi connectivity index (χ4n) is 3.63. The quantitative estimate of drug-likeness (QED) is 0.532. The normalized spacial score (nSPS) is 21.1. The fraction of sp³-hybridized carbons (Fsp3) is 0.619. The van der Waals surface area contributed by atoms with Gasteiger partial charge in [0.1, 0.15) is 0 Å². The molecule has 7 nitrogen and oxygen atoms in total. The number of benzene rings is 1. The number of ether oxygens (including phenoxy) is 1. The van der Waals surface area contributed by atoms with Gasteiger partial charge >= 0.3 is 12.0 Å². The molecule has 1 aromatic carbocycles. The van der Waals surface area contributed by atoms with E-state index in [1.165, 1.54) is 0 Å². The van der Waals surface area contributed by atoms with Gasteiger partial charge < -0.3 is 20.5 Å². The molecule has 156 valence electrons. The van der Waals surface area contributed by atoms with Crippen molar-refractivity contribution in [2.24, 2.45) is 0 Å². The van der Waals surface area contributed by atoms with Crippen molar-refractivity contribution in [3.8, 4) is 0 Å². The molecule has 0 aromatic heterocycles. The van der Waals surface area contributed by atoms with E-state index in [4.69, 9.17) is 9.84 Å². The standard InChI is InChI=1S/C21H33N3O4/c1-16-14-24(15-17(2)28-16)12-6-11-22-21(27)23-19(9-10-20(25)26)13-18-7-4-3-5-8-18/h3-5,7-8,16-17,19H,6,9-15H2,1-2H3,(H,25,26)(H2,22,23,27). The van der Waals surface area contributed by atoms with Crippen LogP contribution < -0.4 is 10.6 Å². The minimum Gasteiger partial charge on any atom is -0.481 e. The minimum atomic E-state index is -0.853. The molecule has 0 bridgehead atoms. The van der Waals surface area contributed by atoms with Crippen LogP contribution in [0.4, 0.5) is 4.79 Å². The maximum absolute atomic E-state index is 12.2. The third-order valence-electron chi connectivity index (χ3n) is 4.80. The second-order valence-electron chi connectivity index (χ2n) is 7.59. The van der Waals surface area contributed by atoms with Crippen LogP contribution in [0.1, 0.15) is 38.7 Å². The third-order valence-corrected chi connectivity index (χ3v) is 4.80. The predicted octanol–water partition coefficient (Wildman–Crippen LogP) is 2.26. The molecule has 28 heavy (non-hydrogen) atoms. The Morgan fingerprint density at radius 3 is 2.54 bits per heavy atom. The van der Waals surface area contributed by atoms with Gasteiger partial charge in [-0.25, -0.2) is 4.79 Å². The number of carboxylic acids is 1. The van der Waals surface area contributed by atoms with Gasteiger partial charge in [0, 0.05) is 38.6 Å². The number of hydrogen-bond acceptors (Lipinski definition) is 4. The average molecular weight is 392 g/mol. The van der Waals surface area contributed by atoms with Gasteiger partial charge in [-0.3, -0.25) is 9.69 Å². The van der Waals surface area contributed by atoms with E-state index >= 15 is 0 Å². The zero-order valence-electron chi connectivity index (χ0n) is 16.9. The molecular weight excluding hydrogens is 358 g/mol. The smallest absolute Gasteiger partial charge is 0.315 e. The van der Waals surface area contributed by atoms with Crippen LogP contribution in [0.15, 0.2) is 30.3 Å². The van der Waals surface area contributed by atoms with E-state index < -0.39 is 5.97 Å². The lowest BCUT2D eigenvalue weighted by Crippen LogP contribution is -2.47. The summed E-state index contributed by atoms with van der Waals surface area (Å²) in [5.74, 6) is -0.853. The number of carbonyl (C=O) groups excluding carboxylic acids is 1. The van der Waals surface area contributed by atoms with Gasteiger partial charge in [-0.1, -0.05) is 30.3 Å². The first-order valence-electron chi connectivity index (χ1n) is 10.1. The van der Waals surface area contributed by atoms with Crippen LogP contribution in [-0.4, -0.2) is 66.4 Å². The summed E-state index contributed by atoms with van der Waals surface area (Å²) >= 11 is 0. The van der Waals surface area contributed by atoms with Crippen LogP contribution in [0, 0.1) is 0 Å². The molecule has 3 atom stereocenters. The lowest BCUT2D eigenvalue weighted by atomic mass is 10.0. The number of urea groups is 1. The molecule has 0 aliphatic carbocycles. The van der Waals surface area contributed by atoms with Crippen LogP contribution in [0.3, 0.4) is 0 Å². The van der Waals surface area contributed by atoms with Crippen molar-refractivity contribution >= 4 is 12.0 Å². The molecular formula is C21H33N3O4. The Hall–Kier alpha value is -2.12. The molecule has 1 saturated heterocycles. The van der Waals surface area contributed by atoms with Gasteiger partial charge in [-0.2, -0.15) is 0 Å². The lowest BCUT2D eigenvalue weighted by molar-refractivity contribution is -0.137. The van der Waals surface area contributed by atoms with Crippen molar-refractivity contribution in [2.45, 2.75) is 57.8 Å². The highest BCUT2D eigenvalue weighted by molar-refractivity contribution is 5.74. The third kappa shape index (κ3) is 8.71. The van der Waals surface area contributed by atoms with E-state index in [0.717, 1.165) is 31.6 Å². The van der Waals surface area contributed by atoms with Gasteiger partial charge in [0.15, 0.2) is 0 Å². The molecule has 1 heterocycles. The highest BCUT2D eigenvalue weighted by atomic mass is 16.5. The maximum Gasteiger partial charge on any atom is 0.315 e. The molecule has 1 aromatic rings. The topological polar surface area (TPSA) is 90.9 Å². The Balaban J connectivity index is 1.71. The van der Waals surface area contributed by atoms with Gasteiger partial charge in [-0.15, -0.1) is 0 Å². The first-order valence-corrected chi connectivity index (χ1v) is 10.1. The molecule has 0 spiro atoms. The number of rotatable bonds is 10. The lowest BCUT2D eigenvalue weighted by Gasteiger charge is -2.35. The van der Waals surface area contributed by atoms with Crippen LogP contribution >= 0.6 is 0 Å². The Morgan fingerprint density at radius 2 is 1.89 bits per heavy atom. The van der Waals surface area contributed by atoms with E-state index in [-0.39, 0.29) is 30.7 Å². The summed E-state index contributed by atoms with van der Waals surface area (Å²) in [5.41, 5.74) is 1.08. The van der Waals surface area contributed by atoms with E-state index in [0.29, 0.717) is 19.4 Å². The summed E-state index contributed by atoms with van der Waals surface area (Å²) in [4.78, 5) is 25.5. The molecule has 1 aliphatic rings. The molecule has 3 N–H and O–H groups in total. The van der Waals surface area contributed by atoms with Crippen molar-refractivity contribution in [3.05, 3.63) is 35.9 Å². The van der Waals surface area contributed by atoms with Crippen molar-refractivity contribution < 1.29 is 19.4 Å². The van der Waals surface area contributed by atoms with E-state index in [9.17, 15) is 9.59 Å². The number of hydrogen-bond donors (Lipinski definition) is 3. The number of amides is 2. The van der Waals surface area contributed by atoms with Gasteiger partial charge in [0.25, 0.3) is 0 Å². The summed E-state index contributed by atoms with van der Waals surface area (Å²) in [6.07, 6.45) is 2.41. The maximum atomic E-state index is 12.2. The van der Waals surface area contributed by atoms with Crippen LogP contribution in [0.5, 0.6) is 0 Å². The Labute approximate surface area is 167 Å². The summed E-state index contributed by atoms with van der Waals surface area (Å²) in [7, 11) is 0. The number of morpholine rings is 1. The van der Waals surface area contributed by atoms with Crippen molar-refractivity contribution in [2.75, 3.05) is 26.2 Å². The van der Waals surface area contributed by atoms with E-state index in [1.54, 1.807) is 0 Å². The number of nitrogens with one attached hydrogen (secondary N) is 2. The Morgan fingerprint density at radius 1 is 1.21 bits per heavy atom. The summed E-state index contributed by atoms with van der Waals surface area (Å²) in [6.45, 7) is 7.51. The fourth-order valence-corrected chi connectivity index (χ4v) is 3.63. The van der Waals surface area contributed by atoms with Crippen LogP contribution in [0.2, 0.25) is 0 Å². The molecule has 2 amide bonds. The second kappa shape index (κ2) is 11.7. The van der Waals surface area contributed by atoms with Crippen molar-refractivity contribution in [3.63, 3.8) is 0 Å². The van der Waals surface area contributed by atoms with E-state index in [2.05, 4.69) is 29.4 Å². The molecule has 2 rings (SSSR count). The number of nitrogens with zero attached hydrogens (tertiary/aromatic N) is 1. The van der Waals surface area contributed by atoms with Crippen molar-refractivity contribution in [1.82, 2.24) is 15.5 Å². The summed E-state index contributed by atoms with van der Waals surface area (Å²) in [5, 5.41) is 14.8. The molecule has 7 heteroatoms. The number of carboxylic acid groups (broad SMARTS) is 1. The Bertz CT molecular complexity index is 601. The SMILES string of the molecule is CC1CN(CCCNC(=O)NC(CCC(=O)O)Cc2ccccc2)CC(C)O1. The van der Waals surface area contributed by atoms with E-state index in [1.807, 2.05) is 30.3 Å². The molecule has 1 fully saturated rings. The molecule has 0 radical (unpaired) electrons. The van der Waals surface area contributed by atoms with Gasteiger partial charge in [0.05, 0.1) is 12.2 Å². The number of aliphatic carboxylic acids is 1. The zero-order chi connectivity index (χ0) is 20.4. The summed E-state index contributed by atoms with van der Waals surface area (Å²) in [6, 6.07) is 9.34. The highest BCUT2D eigenvalue weighted by Gasteiger charge is 2.21. The average Bonchev–Trinajstić information content (AvgIpc) is 2.63. The highest BCUT2D eigenvalue weighted by Crippen LogP contribution is 2.11. The largest absolute Gasteiger partial charge is 0.481 e. The number of carbonyl (C=O) groups is 2. The Kier molecular flexibility index (Phi) is 9.23.